The summed E-state index contributed by atoms with van der Waals surface area (Å²) in [6.07, 6.45) is 0.992. The van der Waals surface area contributed by atoms with Gasteiger partial charge in [-0.15, -0.1) is 0 Å². The molecule has 0 bridgehead atoms. The maximum atomic E-state index is 6.08. The zero-order chi connectivity index (χ0) is 12.6. The summed E-state index contributed by atoms with van der Waals surface area (Å²) >= 11 is 11.9. The Morgan fingerprint density at radius 2 is 2.24 bits per heavy atom. The molecule has 1 aromatic heterocycles. The molecule has 1 aliphatic heterocycles. The average molecular weight is 276 g/mol. The largest absolute Gasteiger partial charge is 0.382 e. The fourth-order valence-corrected chi connectivity index (χ4v) is 2.24. The van der Waals surface area contributed by atoms with Gasteiger partial charge in [0.1, 0.15) is 11.6 Å². The highest BCUT2D eigenvalue weighted by Gasteiger charge is 2.37. The van der Waals surface area contributed by atoms with Crippen molar-refractivity contribution in [3.8, 4) is 0 Å². The van der Waals surface area contributed by atoms with E-state index in [1.54, 1.807) is 6.07 Å². The van der Waals surface area contributed by atoms with Crippen LogP contribution in [0.4, 0.5) is 11.6 Å². The molecule has 2 rings (SSSR count). The topological polar surface area (TPSA) is 60.2 Å². The molecule has 1 fully saturated rings. The summed E-state index contributed by atoms with van der Waals surface area (Å²) in [5.74, 6) is 0.821. The van der Waals surface area contributed by atoms with Gasteiger partial charge in [0.15, 0.2) is 0 Å². The first-order valence-corrected chi connectivity index (χ1v) is 6.19. The van der Waals surface area contributed by atoms with Crippen molar-refractivity contribution in [1.82, 2.24) is 4.98 Å². The molecule has 0 amide bonds. The van der Waals surface area contributed by atoms with Gasteiger partial charge in [-0.05, 0) is 26.3 Å². The Morgan fingerprint density at radius 3 is 2.82 bits per heavy atom. The van der Waals surface area contributed by atoms with Crippen molar-refractivity contribution in [3.63, 3.8) is 0 Å². The van der Waals surface area contributed by atoms with Gasteiger partial charge in [-0.2, -0.15) is 0 Å². The van der Waals surface area contributed by atoms with Gasteiger partial charge in [-0.1, -0.05) is 23.2 Å². The van der Waals surface area contributed by atoms with Gasteiger partial charge < -0.3 is 15.8 Å². The highest BCUT2D eigenvalue weighted by Crippen LogP contribution is 2.33. The molecule has 0 spiro atoms. The summed E-state index contributed by atoms with van der Waals surface area (Å²) in [5.41, 5.74) is 5.48. The number of aromatic nitrogens is 1. The number of pyridine rings is 1. The molecular weight excluding hydrogens is 261 g/mol. The third-order valence-corrected chi connectivity index (χ3v) is 3.84. The average Bonchev–Trinajstić information content (AvgIpc) is 2.56. The summed E-state index contributed by atoms with van der Waals surface area (Å²) in [5, 5.41) is 4.12. The molecule has 94 valence electrons. The molecule has 4 nitrogen and oxygen atoms in total. The Hall–Kier alpha value is -0.710. The summed E-state index contributed by atoms with van der Waals surface area (Å²) < 4.78 is 5.54. The minimum absolute atomic E-state index is 0.0947. The monoisotopic (exact) mass is 275 g/mol. The lowest BCUT2D eigenvalue weighted by Crippen LogP contribution is -2.41. The maximum absolute atomic E-state index is 6.08. The van der Waals surface area contributed by atoms with Crippen molar-refractivity contribution in [3.05, 3.63) is 16.1 Å². The van der Waals surface area contributed by atoms with E-state index in [0.717, 1.165) is 13.0 Å². The minimum atomic E-state index is -0.184. The van der Waals surface area contributed by atoms with Gasteiger partial charge in [0.2, 0.25) is 0 Å². The molecule has 2 heterocycles. The molecule has 0 aromatic carbocycles. The summed E-state index contributed by atoms with van der Waals surface area (Å²) in [6.45, 7) is 4.83. The Balaban J connectivity index is 2.27. The number of ether oxygens (including phenoxy) is 1. The third kappa shape index (κ3) is 2.44. The van der Waals surface area contributed by atoms with Crippen molar-refractivity contribution < 1.29 is 4.74 Å². The van der Waals surface area contributed by atoms with E-state index in [-0.39, 0.29) is 17.5 Å². The van der Waals surface area contributed by atoms with E-state index in [0.29, 0.717) is 15.9 Å². The molecule has 2 unspecified atom stereocenters. The Bertz CT molecular complexity index is 441. The van der Waals surface area contributed by atoms with E-state index in [1.807, 2.05) is 6.92 Å². The van der Waals surface area contributed by atoms with Crippen LogP contribution in [0, 0.1) is 0 Å². The van der Waals surface area contributed by atoms with Gasteiger partial charge in [0, 0.05) is 6.61 Å². The SMILES string of the molecule is CC1OCCC1(C)Nc1nc(N)c(Cl)cc1Cl. The lowest BCUT2D eigenvalue weighted by atomic mass is 9.95. The first-order valence-electron chi connectivity index (χ1n) is 5.44. The van der Waals surface area contributed by atoms with E-state index in [2.05, 4.69) is 17.2 Å². The second-order valence-electron chi connectivity index (χ2n) is 4.49. The number of nitrogens with two attached hydrogens (primary N) is 1. The lowest BCUT2D eigenvalue weighted by molar-refractivity contribution is 0.105. The van der Waals surface area contributed by atoms with Gasteiger partial charge in [-0.25, -0.2) is 4.98 Å². The predicted octanol–water partition coefficient (Wildman–Crippen LogP) is 2.95. The first-order chi connectivity index (χ1) is 7.92. The second kappa shape index (κ2) is 4.52. The van der Waals surface area contributed by atoms with Crippen LogP contribution in [0.15, 0.2) is 6.07 Å². The molecule has 1 aromatic rings. The molecular formula is C11H15Cl2N3O. The summed E-state index contributed by atoms with van der Waals surface area (Å²) in [4.78, 5) is 4.16. The van der Waals surface area contributed by atoms with Crippen molar-refractivity contribution in [2.24, 2.45) is 0 Å². The predicted molar refractivity (Wildman–Crippen MR) is 70.7 cm³/mol. The molecule has 2 atom stereocenters. The zero-order valence-corrected chi connectivity index (χ0v) is 11.3. The van der Waals surface area contributed by atoms with E-state index in [1.165, 1.54) is 0 Å². The first kappa shape index (κ1) is 12.7. The number of halogens is 2. The molecule has 0 saturated carbocycles. The standard InChI is InChI=1S/C11H15Cl2N3O/c1-6-11(2,3-4-17-6)16-10-8(13)5-7(12)9(14)15-10/h5-6H,3-4H2,1-2H3,(H3,14,15,16). The van der Waals surface area contributed by atoms with Crippen LogP contribution in [0.1, 0.15) is 20.3 Å². The molecule has 1 saturated heterocycles. The van der Waals surface area contributed by atoms with Crippen LogP contribution in [0.5, 0.6) is 0 Å². The van der Waals surface area contributed by atoms with E-state index in [4.69, 9.17) is 33.7 Å². The minimum Gasteiger partial charge on any atom is -0.382 e. The van der Waals surface area contributed by atoms with Crippen LogP contribution in [0.3, 0.4) is 0 Å². The quantitative estimate of drug-likeness (QED) is 0.871. The van der Waals surface area contributed by atoms with Crippen LogP contribution < -0.4 is 11.1 Å². The number of anilines is 2. The number of nitrogens with zero attached hydrogens (tertiary/aromatic N) is 1. The lowest BCUT2D eigenvalue weighted by Gasteiger charge is -2.30. The number of hydrogen-bond acceptors (Lipinski definition) is 4. The molecule has 3 N–H and O–H groups in total. The normalized spacial score (nSPS) is 28.4. The van der Waals surface area contributed by atoms with Gasteiger partial charge in [0.05, 0.1) is 21.7 Å². The number of nitrogen functional groups attached to an aromatic ring is 1. The van der Waals surface area contributed by atoms with Crippen LogP contribution in [0.25, 0.3) is 0 Å². The van der Waals surface area contributed by atoms with Crippen LogP contribution in [-0.4, -0.2) is 23.2 Å². The van der Waals surface area contributed by atoms with Gasteiger partial charge in [-0.3, -0.25) is 0 Å². The molecule has 1 aliphatic rings. The van der Waals surface area contributed by atoms with E-state index in [9.17, 15) is 0 Å². The third-order valence-electron chi connectivity index (χ3n) is 3.25. The fraction of sp³-hybridized carbons (Fsp3) is 0.545. The van der Waals surface area contributed by atoms with Crippen LogP contribution >= 0.6 is 23.2 Å². The molecule has 17 heavy (non-hydrogen) atoms. The van der Waals surface area contributed by atoms with E-state index < -0.39 is 0 Å². The Kier molecular flexibility index (Phi) is 3.39. The van der Waals surface area contributed by atoms with E-state index >= 15 is 0 Å². The van der Waals surface area contributed by atoms with Crippen LogP contribution in [0.2, 0.25) is 10.0 Å². The molecule has 0 radical (unpaired) electrons. The number of rotatable bonds is 2. The maximum Gasteiger partial charge on any atom is 0.147 e. The smallest absolute Gasteiger partial charge is 0.147 e. The van der Waals surface area contributed by atoms with Gasteiger partial charge >= 0.3 is 0 Å². The fourth-order valence-electron chi connectivity index (χ4n) is 1.84. The van der Waals surface area contributed by atoms with Crippen molar-refractivity contribution in [2.45, 2.75) is 31.9 Å². The van der Waals surface area contributed by atoms with Gasteiger partial charge in [0.25, 0.3) is 0 Å². The Labute approximate surface area is 110 Å². The summed E-state index contributed by atoms with van der Waals surface area (Å²) in [7, 11) is 0. The molecule has 0 aliphatic carbocycles. The number of hydrogen-bond donors (Lipinski definition) is 2. The molecule has 6 heteroatoms. The Morgan fingerprint density at radius 1 is 1.53 bits per heavy atom. The number of nitrogens with one attached hydrogen (secondary N) is 1. The van der Waals surface area contributed by atoms with Crippen molar-refractivity contribution in [1.29, 1.82) is 0 Å². The highest BCUT2D eigenvalue weighted by molar-refractivity contribution is 6.37. The summed E-state index contributed by atoms with van der Waals surface area (Å²) in [6, 6.07) is 1.59. The van der Waals surface area contributed by atoms with Crippen molar-refractivity contribution >= 4 is 34.8 Å². The highest BCUT2D eigenvalue weighted by atomic mass is 35.5. The van der Waals surface area contributed by atoms with Crippen molar-refractivity contribution in [2.75, 3.05) is 17.7 Å². The zero-order valence-electron chi connectivity index (χ0n) is 9.76. The second-order valence-corrected chi connectivity index (χ2v) is 5.31. The van der Waals surface area contributed by atoms with Crippen LogP contribution in [-0.2, 0) is 4.74 Å².